The number of aromatic nitrogens is 6. The zero-order chi connectivity index (χ0) is 24.0. The molecule has 4 aromatic heterocycles. The maximum Gasteiger partial charge on any atom is 0.341 e. The summed E-state index contributed by atoms with van der Waals surface area (Å²) >= 11 is 2.21. The molecule has 5 heterocycles. The molecule has 0 atom stereocenters. The number of aromatic carboxylic acids is 1. The molecular weight excluding hydrogens is 480 g/mol. The van der Waals surface area contributed by atoms with Crippen LogP contribution in [0.5, 0.6) is 0 Å². The number of nitrogens with one attached hydrogen (secondary N) is 1. The molecule has 1 aliphatic heterocycles. The van der Waals surface area contributed by atoms with Crippen LogP contribution < -0.4 is 15.6 Å². The van der Waals surface area contributed by atoms with E-state index < -0.39 is 11.4 Å². The van der Waals surface area contributed by atoms with Crippen LogP contribution in [0.15, 0.2) is 23.4 Å². The van der Waals surface area contributed by atoms with Crippen LogP contribution in [0.4, 0.5) is 10.9 Å². The Morgan fingerprint density at radius 3 is 2.71 bits per heavy atom. The summed E-state index contributed by atoms with van der Waals surface area (Å²) in [5, 5.41) is 13.4. The molecule has 1 aliphatic rings. The Kier molecular flexibility index (Phi) is 5.53. The molecule has 174 valence electrons. The number of carbonyl (C=O) groups excluding carboxylic acids is 1. The zero-order valence-electron chi connectivity index (χ0n) is 18.0. The van der Waals surface area contributed by atoms with Crippen molar-refractivity contribution in [2.75, 3.05) is 23.3 Å². The summed E-state index contributed by atoms with van der Waals surface area (Å²) < 4.78 is 9.61. The fraction of sp³-hybridized carbons (Fsp3) is 0.300. The highest BCUT2D eigenvalue weighted by molar-refractivity contribution is 7.09. The Labute approximate surface area is 200 Å². The SMILES string of the molecule is CCc1nsc(NC(=O)C2CN(c3cc(C)c4c(=O)c(C(=O)O)cn(-c5ncns5)c4n3)C2)n1. The minimum absolute atomic E-state index is 0.135. The van der Waals surface area contributed by atoms with Gasteiger partial charge >= 0.3 is 5.97 Å². The Morgan fingerprint density at radius 2 is 2.06 bits per heavy atom. The second-order valence-corrected chi connectivity index (χ2v) is 9.24. The van der Waals surface area contributed by atoms with Crippen molar-refractivity contribution in [3.05, 3.63) is 45.8 Å². The number of fused-ring (bicyclic) bond motifs is 1. The molecule has 12 nitrogen and oxygen atoms in total. The van der Waals surface area contributed by atoms with Crippen molar-refractivity contribution < 1.29 is 14.7 Å². The standard InChI is InChI=1S/C20H18N8O4S2/c1-3-12-23-19(33-26-12)25-17(30)10-5-27(6-10)13-4-9(2)14-15(29)11(18(31)32)7-28(16(14)24-13)20-21-8-22-34-20/h4,7-8,10H,3,5-6H2,1-2H3,(H,31,32)(H,23,25,26,30). The van der Waals surface area contributed by atoms with Crippen molar-refractivity contribution in [2.45, 2.75) is 20.3 Å². The number of carboxylic acids is 1. The molecule has 1 fully saturated rings. The number of nitrogens with zero attached hydrogens (tertiary/aromatic N) is 7. The van der Waals surface area contributed by atoms with Gasteiger partial charge in [0.25, 0.3) is 0 Å². The first-order chi connectivity index (χ1) is 16.4. The average molecular weight is 499 g/mol. The predicted octanol–water partition coefficient (Wildman–Crippen LogP) is 1.73. The highest BCUT2D eigenvalue weighted by Gasteiger charge is 2.34. The van der Waals surface area contributed by atoms with Crippen LogP contribution in [0.1, 0.15) is 28.7 Å². The van der Waals surface area contributed by atoms with E-state index in [1.54, 1.807) is 13.0 Å². The third-order valence-corrected chi connectivity index (χ3v) is 6.85. The van der Waals surface area contributed by atoms with Crippen LogP contribution in [0, 0.1) is 12.8 Å². The van der Waals surface area contributed by atoms with E-state index in [1.165, 1.54) is 17.1 Å². The summed E-state index contributed by atoms with van der Waals surface area (Å²) in [6.45, 7) is 4.57. The first-order valence-electron chi connectivity index (χ1n) is 10.3. The second-order valence-electron chi connectivity index (χ2n) is 7.73. The molecule has 1 amide bonds. The van der Waals surface area contributed by atoms with Crippen molar-refractivity contribution in [1.82, 2.24) is 28.3 Å². The number of hydrogen-bond acceptors (Lipinski definition) is 11. The lowest BCUT2D eigenvalue weighted by Gasteiger charge is -2.39. The van der Waals surface area contributed by atoms with Gasteiger partial charge in [0.05, 0.1) is 11.3 Å². The quantitative estimate of drug-likeness (QED) is 0.401. The summed E-state index contributed by atoms with van der Waals surface area (Å²) in [5.74, 6) is -0.430. The smallest absolute Gasteiger partial charge is 0.341 e. The van der Waals surface area contributed by atoms with E-state index in [-0.39, 0.29) is 28.4 Å². The van der Waals surface area contributed by atoms with E-state index in [2.05, 4.69) is 29.0 Å². The number of aryl methyl sites for hydroxylation is 2. The van der Waals surface area contributed by atoms with Crippen molar-refractivity contribution in [3.8, 4) is 5.13 Å². The van der Waals surface area contributed by atoms with Gasteiger partial charge in [-0.3, -0.25) is 14.2 Å². The van der Waals surface area contributed by atoms with Gasteiger partial charge < -0.3 is 15.3 Å². The maximum absolute atomic E-state index is 12.9. The number of carboxylic acid groups (broad SMARTS) is 1. The Morgan fingerprint density at radius 1 is 1.26 bits per heavy atom. The summed E-state index contributed by atoms with van der Waals surface area (Å²) in [6, 6.07) is 1.73. The van der Waals surface area contributed by atoms with Gasteiger partial charge in [-0.1, -0.05) is 6.92 Å². The molecule has 5 rings (SSSR count). The number of amides is 1. The van der Waals surface area contributed by atoms with Gasteiger partial charge in [-0.05, 0) is 18.6 Å². The Hall–Kier alpha value is -3.78. The minimum atomic E-state index is -1.33. The lowest BCUT2D eigenvalue weighted by Crippen LogP contribution is -2.52. The summed E-state index contributed by atoms with van der Waals surface area (Å²) in [4.78, 5) is 52.1. The summed E-state index contributed by atoms with van der Waals surface area (Å²) in [7, 11) is 0. The van der Waals surface area contributed by atoms with Crippen molar-refractivity contribution in [3.63, 3.8) is 0 Å². The predicted molar refractivity (Wildman–Crippen MR) is 126 cm³/mol. The van der Waals surface area contributed by atoms with Crippen LogP contribution >= 0.6 is 23.1 Å². The number of carbonyl (C=O) groups is 2. The first-order valence-corrected chi connectivity index (χ1v) is 11.9. The van der Waals surface area contributed by atoms with Crippen molar-refractivity contribution in [2.24, 2.45) is 5.92 Å². The topological polar surface area (TPSA) is 156 Å². The van der Waals surface area contributed by atoms with E-state index in [0.717, 1.165) is 23.1 Å². The molecule has 0 aliphatic carbocycles. The van der Waals surface area contributed by atoms with Gasteiger partial charge in [0.2, 0.25) is 21.6 Å². The van der Waals surface area contributed by atoms with Crippen molar-refractivity contribution >= 4 is 56.9 Å². The largest absolute Gasteiger partial charge is 0.477 e. The second kappa shape index (κ2) is 8.53. The molecule has 0 unspecified atom stereocenters. The zero-order valence-corrected chi connectivity index (χ0v) is 19.7. The Bertz CT molecular complexity index is 1470. The fourth-order valence-electron chi connectivity index (χ4n) is 3.70. The highest BCUT2D eigenvalue weighted by atomic mass is 32.1. The van der Waals surface area contributed by atoms with Crippen molar-refractivity contribution in [1.29, 1.82) is 0 Å². The molecular formula is C20H18N8O4S2. The molecule has 0 bridgehead atoms. The van der Waals surface area contributed by atoms with Gasteiger partial charge in [0, 0.05) is 48.8 Å². The number of anilines is 2. The molecule has 0 radical (unpaired) electrons. The number of rotatable bonds is 6. The fourth-order valence-corrected chi connectivity index (χ4v) is 4.86. The van der Waals surface area contributed by atoms with Crippen LogP contribution in [0.25, 0.3) is 16.2 Å². The molecule has 0 spiro atoms. The molecule has 1 saturated heterocycles. The van der Waals surface area contributed by atoms with Gasteiger partial charge in [-0.2, -0.15) is 8.75 Å². The lowest BCUT2D eigenvalue weighted by atomic mass is 9.99. The van der Waals surface area contributed by atoms with Gasteiger partial charge in [-0.15, -0.1) is 0 Å². The molecule has 34 heavy (non-hydrogen) atoms. The summed E-state index contributed by atoms with van der Waals surface area (Å²) in [5.41, 5.74) is -0.107. The molecule has 0 aromatic carbocycles. The van der Waals surface area contributed by atoms with Gasteiger partial charge in [0.15, 0.2) is 5.65 Å². The molecule has 4 aromatic rings. The maximum atomic E-state index is 12.9. The van der Waals surface area contributed by atoms with Crippen LogP contribution in [-0.2, 0) is 11.2 Å². The third-order valence-electron chi connectivity index (χ3n) is 5.52. The van der Waals surface area contributed by atoms with Crippen LogP contribution in [0.3, 0.4) is 0 Å². The monoisotopic (exact) mass is 498 g/mol. The number of hydrogen-bond donors (Lipinski definition) is 2. The molecule has 14 heteroatoms. The van der Waals surface area contributed by atoms with E-state index in [4.69, 9.17) is 0 Å². The minimum Gasteiger partial charge on any atom is -0.477 e. The van der Waals surface area contributed by atoms with Crippen LogP contribution in [0.2, 0.25) is 0 Å². The van der Waals surface area contributed by atoms with E-state index in [0.29, 0.717) is 47.0 Å². The highest BCUT2D eigenvalue weighted by Crippen LogP contribution is 2.29. The van der Waals surface area contributed by atoms with Gasteiger partial charge in [0.1, 0.15) is 23.5 Å². The van der Waals surface area contributed by atoms with E-state index in [1.807, 2.05) is 11.8 Å². The molecule has 2 N–H and O–H groups in total. The van der Waals surface area contributed by atoms with E-state index >= 15 is 0 Å². The van der Waals surface area contributed by atoms with Gasteiger partial charge in [-0.25, -0.2) is 19.7 Å². The molecule has 0 saturated carbocycles. The third kappa shape index (κ3) is 3.80. The summed E-state index contributed by atoms with van der Waals surface area (Å²) in [6.07, 6.45) is 3.27. The van der Waals surface area contributed by atoms with Crippen LogP contribution in [-0.4, -0.2) is 58.3 Å². The van der Waals surface area contributed by atoms with E-state index in [9.17, 15) is 19.5 Å². The number of pyridine rings is 2. The first kappa shape index (κ1) is 22.0. The average Bonchev–Trinajstić information content (AvgIpc) is 3.44. The Balaban J connectivity index is 1.45. The lowest BCUT2D eigenvalue weighted by molar-refractivity contribution is -0.120. The normalized spacial score (nSPS) is 13.8.